The summed E-state index contributed by atoms with van der Waals surface area (Å²) < 4.78 is 5.47. The number of hydrogen-bond donors (Lipinski definition) is 3. The molecule has 0 fully saturated rings. The third kappa shape index (κ3) is 53.4. The van der Waals surface area contributed by atoms with Crippen molar-refractivity contribution in [3.05, 3.63) is 36.5 Å². The Morgan fingerprint density at radius 3 is 1.13 bits per heavy atom. The molecule has 6 heteroatoms. The van der Waals surface area contributed by atoms with Crippen molar-refractivity contribution in [1.29, 1.82) is 0 Å². The van der Waals surface area contributed by atoms with Gasteiger partial charge in [-0.05, 0) is 64.2 Å². The summed E-state index contributed by atoms with van der Waals surface area (Å²) in [4.78, 5) is 24.6. The zero-order chi connectivity index (χ0) is 49.3. The average Bonchev–Trinajstić information content (AvgIpc) is 3.34. The predicted octanol–water partition coefficient (Wildman–Crippen LogP) is 18.8. The van der Waals surface area contributed by atoms with Gasteiger partial charge in [0.2, 0.25) is 5.91 Å². The molecule has 0 aromatic carbocycles. The first-order valence-corrected chi connectivity index (χ1v) is 30.3. The molecule has 0 saturated heterocycles. The molecule has 68 heavy (non-hydrogen) atoms. The Morgan fingerprint density at radius 2 is 0.735 bits per heavy atom. The molecule has 3 N–H and O–H groups in total. The van der Waals surface area contributed by atoms with E-state index in [1.807, 2.05) is 6.08 Å². The van der Waals surface area contributed by atoms with Crippen LogP contribution in [0.5, 0.6) is 0 Å². The molecule has 0 heterocycles. The average molecular weight is 957 g/mol. The summed E-state index contributed by atoms with van der Waals surface area (Å²) in [6.07, 6.45) is 71.7. The number of aliphatic hydroxyl groups is 2. The molecular formula is C62H117NO5. The molecular weight excluding hydrogens is 839 g/mol. The van der Waals surface area contributed by atoms with Gasteiger partial charge in [0.15, 0.2) is 0 Å². The van der Waals surface area contributed by atoms with Crippen molar-refractivity contribution in [2.24, 2.45) is 0 Å². The van der Waals surface area contributed by atoms with Gasteiger partial charge in [-0.3, -0.25) is 9.59 Å². The van der Waals surface area contributed by atoms with Crippen LogP contribution in [0.15, 0.2) is 36.5 Å². The molecule has 0 aromatic rings. The van der Waals surface area contributed by atoms with Gasteiger partial charge in [0.05, 0.1) is 25.4 Å². The van der Waals surface area contributed by atoms with Crippen LogP contribution in [0.1, 0.15) is 322 Å². The number of rotatable bonds is 56. The maximum atomic E-state index is 12.5. The van der Waals surface area contributed by atoms with E-state index in [0.29, 0.717) is 19.4 Å². The highest BCUT2D eigenvalue weighted by atomic mass is 16.5. The van der Waals surface area contributed by atoms with Crippen LogP contribution in [-0.2, 0) is 14.3 Å². The van der Waals surface area contributed by atoms with Gasteiger partial charge < -0.3 is 20.3 Å². The molecule has 0 bridgehead atoms. The van der Waals surface area contributed by atoms with Crippen LogP contribution in [0, 0.1) is 0 Å². The quantitative estimate of drug-likeness (QED) is 0.0321. The Balaban J connectivity index is 3.50. The molecule has 0 rings (SSSR count). The summed E-state index contributed by atoms with van der Waals surface area (Å²) in [7, 11) is 0. The van der Waals surface area contributed by atoms with Gasteiger partial charge in [0, 0.05) is 12.8 Å². The topological polar surface area (TPSA) is 95.9 Å². The highest BCUT2D eigenvalue weighted by molar-refractivity contribution is 5.76. The minimum absolute atomic E-state index is 0.0276. The first kappa shape index (κ1) is 66.1. The highest BCUT2D eigenvalue weighted by Crippen LogP contribution is 2.17. The first-order chi connectivity index (χ1) is 33.5. The molecule has 6 nitrogen and oxygen atoms in total. The number of carbonyl (C=O) groups excluding carboxylic acids is 2. The van der Waals surface area contributed by atoms with E-state index in [4.69, 9.17) is 4.74 Å². The second kappa shape index (κ2) is 57.7. The summed E-state index contributed by atoms with van der Waals surface area (Å²) in [5.74, 6) is -0.116. The fourth-order valence-corrected chi connectivity index (χ4v) is 9.25. The van der Waals surface area contributed by atoms with Crippen LogP contribution in [0.4, 0.5) is 0 Å². The SMILES string of the molecule is CCCCCC/C=C\C/C=C\CCCCCCCCCC(=O)OCCCCCCCCCCCCC(=O)NC(CO)C(O)/C=C/CCCCCCCCCCCCCCCCCCCCCCC. The van der Waals surface area contributed by atoms with Crippen LogP contribution in [0.25, 0.3) is 0 Å². The Bertz CT molecular complexity index is 1100. The maximum absolute atomic E-state index is 12.5. The minimum Gasteiger partial charge on any atom is -0.466 e. The number of nitrogens with one attached hydrogen (secondary N) is 1. The second-order valence-electron chi connectivity index (χ2n) is 20.7. The van der Waals surface area contributed by atoms with Crippen molar-refractivity contribution in [3.63, 3.8) is 0 Å². The van der Waals surface area contributed by atoms with Crippen molar-refractivity contribution in [2.75, 3.05) is 13.2 Å². The van der Waals surface area contributed by atoms with Crippen LogP contribution in [0.3, 0.4) is 0 Å². The molecule has 0 aliphatic rings. The number of allylic oxidation sites excluding steroid dienone is 5. The zero-order valence-corrected chi connectivity index (χ0v) is 45.6. The van der Waals surface area contributed by atoms with Gasteiger partial charge in [-0.2, -0.15) is 0 Å². The maximum Gasteiger partial charge on any atom is 0.305 e. The largest absolute Gasteiger partial charge is 0.466 e. The Labute approximate surface area is 424 Å². The van der Waals surface area contributed by atoms with Crippen molar-refractivity contribution in [3.8, 4) is 0 Å². The van der Waals surface area contributed by atoms with E-state index in [1.54, 1.807) is 6.08 Å². The standard InChI is InChI=1S/C62H117NO5/c1-3-5-7-9-11-13-15-17-19-21-23-24-25-26-27-28-30-32-34-38-42-46-50-54-60(65)59(58-64)63-61(66)55-51-47-43-39-36-37-41-45-49-53-57-68-62(67)56-52-48-44-40-35-33-31-29-22-20-18-16-14-12-10-8-6-4-2/h14,16,20,22,50,54,59-60,64-65H,3-13,15,17-19,21,23-49,51-53,55-58H2,1-2H3,(H,63,66)/b16-14-,22-20-,54-50+. The van der Waals surface area contributed by atoms with Gasteiger partial charge in [0.25, 0.3) is 0 Å². The van der Waals surface area contributed by atoms with Gasteiger partial charge >= 0.3 is 5.97 Å². The van der Waals surface area contributed by atoms with E-state index in [-0.39, 0.29) is 18.5 Å². The van der Waals surface area contributed by atoms with E-state index in [2.05, 4.69) is 43.5 Å². The van der Waals surface area contributed by atoms with Crippen LogP contribution < -0.4 is 5.32 Å². The number of esters is 1. The van der Waals surface area contributed by atoms with Crippen LogP contribution in [-0.4, -0.2) is 47.4 Å². The molecule has 2 atom stereocenters. The smallest absolute Gasteiger partial charge is 0.305 e. The molecule has 0 spiro atoms. The van der Waals surface area contributed by atoms with Gasteiger partial charge in [-0.1, -0.05) is 281 Å². The second-order valence-corrected chi connectivity index (χ2v) is 20.7. The fraction of sp³-hybridized carbons (Fsp3) is 0.871. The van der Waals surface area contributed by atoms with E-state index >= 15 is 0 Å². The molecule has 1 amide bonds. The van der Waals surface area contributed by atoms with E-state index in [9.17, 15) is 19.8 Å². The van der Waals surface area contributed by atoms with E-state index in [0.717, 1.165) is 64.2 Å². The van der Waals surface area contributed by atoms with Crippen molar-refractivity contribution in [2.45, 2.75) is 334 Å². The molecule has 0 aliphatic carbocycles. The van der Waals surface area contributed by atoms with Gasteiger partial charge in [0.1, 0.15) is 0 Å². The van der Waals surface area contributed by atoms with E-state index in [1.165, 1.54) is 231 Å². The summed E-state index contributed by atoms with van der Waals surface area (Å²) in [6.45, 7) is 4.85. The molecule has 0 radical (unpaired) electrons. The van der Waals surface area contributed by atoms with Crippen molar-refractivity contribution < 1.29 is 24.5 Å². The summed E-state index contributed by atoms with van der Waals surface area (Å²) in [6, 6.07) is -0.647. The van der Waals surface area contributed by atoms with Crippen LogP contribution in [0.2, 0.25) is 0 Å². The lowest BCUT2D eigenvalue weighted by Crippen LogP contribution is -2.45. The Hall–Kier alpha value is -1.92. The molecule has 0 saturated carbocycles. The van der Waals surface area contributed by atoms with Crippen LogP contribution >= 0.6 is 0 Å². The lowest BCUT2D eigenvalue weighted by Gasteiger charge is -2.20. The van der Waals surface area contributed by atoms with Crippen molar-refractivity contribution in [1.82, 2.24) is 5.32 Å². The van der Waals surface area contributed by atoms with Gasteiger partial charge in [-0.15, -0.1) is 0 Å². The number of hydrogen-bond acceptors (Lipinski definition) is 5. The lowest BCUT2D eigenvalue weighted by atomic mass is 10.0. The molecule has 400 valence electrons. The Morgan fingerprint density at radius 1 is 0.412 bits per heavy atom. The number of carbonyl (C=O) groups is 2. The van der Waals surface area contributed by atoms with E-state index < -0.39 is 12.1 Å². The number of ether oxygens (including phenoxy) is 1. The monoisotopic (exact) mass is 956 g/mol. The van der Waals surface area contributed by atoms with Gasteiger partial charge in [-0.25, -0.2) is 0 Å². The molecule has 0 aromatic heterocycles. The normalized spacial score (nSPS) is 12.8. The number of amides is 1. The third-order valence-electron chi connectivity index (χ3n) is 13.9. The summed E-state index contributed by atoms with van der Waals surface area (Å²) in [5, 5.41) is 23.2. The third-order valence-corrected chi connectivity index (χ3v) is 13.9. The molecule has 2 unspecified atom stereocenters. The predicted molar refractivity (Wildman–Crippen MR) is 296 cm³/mol. The summed E-state index contributed by atoms with van der Waals surface area (Å²) in [5.41, 5.74) is 0. The fourth-order valence-electron chi connectivity index (χ4n) is 9.25. The lowest BCUT2D eigenvalue weighted by molar-refractivity contribution is -0.143. The molecule has 0 aliphatic heterocycles. The number of unbranched alkanes of at least 4 members (excludes halogenated alkanes) is 41. The minimum atomic E-state index is -0.861. The Kier molecular flexibility index (Phi) is 56.0. The number of aliphatic hydroxyl groups excluding tert-OH is 2. The zero-order valence-electron chi connectivity index (χ0n) is 45.6. The summed E-state index contributed by atoms with van der Waals surface area (Å²) >= 11 is 0. The van der Waals surface area contributed by atoms with Crippen molar-refractivity contribution >= 4 is 11.9 Å². The highest BCUT2D eigenvalue weighted by Gasteiger charge is 2.18. The first-order valence-electron chi connectivity index (χ1n) is 30.3.